The van der Waals surface area contributed by atoms with Crippen molar-refractivity contribution in [2.24, 2.45) is 0 Å². The van der Waals surface area contributed by atoms with Crippen molar-refractivity contribution in [2.75, 3.05) is 19.0 Å². The van der Waals surface area contributed by atoms with Gasteiger partial charge in [-0.3, -0.25) is 0 Å². The van der Waals surface area contributed by atoms with Gasteiger partial charge in [-0.15, -0.1) is 5.10 Å². The summed E-state index contributed by atoms with van der Waals surface area (Å²) in [7, 11) is 1.63. The topological polar surface area (TPSA) is 77.8 Å². The number of methoxy groups -OCH3 is 1. The summed E-state index contributed by atoms with van der Waals surface area (Å²) in [6.45, 7) is 7.09. The number of anilines is 1. The van der Waals surface area contributed by atoms with Crippen LogP contribution in [-0.2, 0) is 11.3 Å². The zero-order valence-corrected chi connectivity index (χ0v) is 12.3. The average Bonchev–Trinajstić information content (AvgIpc) is 2.75. The van der Waals surface area contributed by atoms with Crippen molar-refractivity contribution in [1.29, 1.82) is 0 Å². The molecule has 0 fully saturated rings. The maximum absolute atomic E-state index is 5.12. The summed E-state index contributed by atoms with van der Waals surface area (Å²) in [5, 5.41) is 7.61. The summed E-state index contributed by atoms with van der Waals surface area (Å²) >= 11 is 0. The van der Waals surface area contributed by atoms with Gasteiger partial charge < -0.3 is 10.1 Å². The molecule has 2 aromatic heterocycles. The molecule has 0 radical (unpaired) electrons. The Bertz CT molecular complexity index is 580. The van der Waals surface area contributed by atoms with Gasteiger partial charge in [0, 0.05) is 19.7 Å². The van der Waals surface area contributed by atoms with Gasteiger partial charge in [0.15, 0.2) is 11.6 Å². The summed E-state index contributed by atoms with van der Waals surface area (Å²) in [6, 6.07) is 1.87. The molecule has 0 aliphatic carbocycles. The molecule has 2 heterocycles. The molecule has 0 atom stereocenters. The molecule has 1 N–H and O–H groups in total. The fraction of sp³-hybridized carbons (Fsp3) is 0.538. The van der Waals surface area contributed by atoms with E-state index < -0.39 is 0 Å². The highest BCUT2D eigenvalue weighted by Crippen LogP contribution is 2.13. The largest absolute Gasteiger partial charge is 0.377 e. The Balaban J connectivity index is 2.40. The third-order valence-electron chi connectivity index (χ3n) is 2.68. The number of ether oxygens (including phenoxy) is 1. The minimum Gasteiger partial charge on any atom is -0.377 e. The summed E-state index contributed by atoms with van der Waals surface area (Å²) < 4.78 is 6.83. The Morgan fingerprint density at radius 3 is 2.65 bits per heavy atom. The number of rotatable bonds is 6. The van der Waals surface area contributed by atoms with Crippen LogP contribution >= 0.6 is 0 Å². The number of hydrogen-bond donors (Lipinski definition) is 1. The fourth-order valence-electron chi connectivity index (χ4n) is 1.87. The van der Waals surface area contributed by atoms with Gasteiger partial charge in [0.05, 0.1) is 0 Å². The molecule has 0 saturated carbocycles. The number of hydrogen-bond acceptors (Lipinski definition) is 6. The first kappa shape index (κ1) is 14.4. The molecule has 0 aliphatic heterocycles. The van der Waals surface area contributed by atoms with E-state index in [1.807, 2.05) is 19.9 Å². The molecular formula is C13H20N6O. The zero-order valence-electron chi connectivity index (χ0n) is 12.3. The molecule has 2 rings (SSSR count). The Morgan fingerprint density at radius 1 is 1.25 bits per heavy atom. The van der Waals surface area contributed by atoms with Crippen molar-refractivity contribution in [3.8, 4) is 5.82 Å². The first-order valence-electron chi connectivity index (χ1n) is 6.65. The van der Waals surface area contributed by atoms with Crippen LogP contribution in [0.15, 0.2) is 6.07 Å². The molecule has 7 heteroatoms. The molecule has 108 valence electrons. The van der Waals surface area contributed by atoms with Crippen molar-refractivity contribution in [3.05, 3.63) is 23.5 Å². The Hall–Kier alpha value is -2.02. The van der Waals surface area contributed by atoms with Gasteiger partial charge in [0.2, 0.25) is 0 Å². The minimum atomic E-state index is 0.362. The first-order valence-corrected chi connectivity index (χ1v) is 6.65. The second-order valence-corrected chi connectivity index (χ2v) is 4.51. The highest BCUT2D eigenvalue weighted by atomic mass is 16.5. The van der Waals surface area contributed by atoms with Gasteiger partial charge in [0.25, 0.3) is 0 Å². The van der Waals surface area contributed by atoms with Gasteiger partial charge in [-0.1, -0.05) is 6.92 Å². The fourth-order valence-corrected chi connectivity index (χ4v) is 1.87. The molecule has 0 spiro atoms. The van der Waals surface area contributed by atoms with Crippen LogP contribution in [0.4, 0.5) is 5.82 Å². The molecule has 0 aliphatic rings. The normalized spacial score (nSPS) is 10.8. The van der Waals surface area contributed by atoms with Crippen molar-refractivity contribution >= 4 is 5.82 Å². The maximum Gasteiger partial charge on any atom is 0.161 e. The molecular weight excluding hydrogens is 256 g/mol. The molecule has 2 aromatic rings. The summed E-state index contributed by atoms with van der Waals surface area (Å²) in [5.74, 6) is 3.61. The van der Waals surface area contributed by atoms with Gasteiger partial charge in [0.1, 0.15) is 24.1 Å². The standard InChI is InChI=1S/C13H20N6O/c1-5-6-14-11-7-13(17-12(16-11)8-20-4)19-10(3)15-9(2)18-19/h7H,5-6,8H2,1-4H3,(H,14,16,17). The number of aryl methyl sites for hydroxylation is 2. The van der Waals surface area contributed by atoms with E-state index in [9.17, 15) is 0 Å². The van der Waals surface area contributed by atoms with E-state index in [4.69, 9.17) is 4.74 Å². The molecule has 7 nitrogen and oxygen atoms in total. The molecule has 0 bridgehead atoms. The third-order valence-corrected chi connectivity index (χ3v) is 2.68. The second kappa shape index (κ2) is 6.42. The van der Waals surface area contributed by atoms with Crippen LogP contribution in [-0.4, -0.2) is 38.4 Å². The zero-order chi connectivity index (χ0) is 14.5. The molecule has 0 saturated heterocycles. The van der Waals surface area contributed by atoms with Crippen LogP contribution in [0.3, 0.4) is 0 Å². The van der Waals surface area contributed by atoms with Gasteiger partial charge >= 0.3 is 0 Å². The highest BCUT2D eigenvalue weighted by Gasteiger charge is 2.10. The number of aromatic nitrogens is 5. The van der Waals surface area contributed by atoms with Crippen LogP contribution in [0.25, 0.3) is 5.82 Å². The lowest BCUT2D eigenvalue weighted by Crippen LogP contribution is -2.10. The summed E-state index contributed by atoms with van der Waals surface area (Å²) in [6.07, 6.45) is 1.03. The Labute approximate surface area is 118 Å². The smallest absolute Gasteiger partial charge is 0.161 e. The molecule has 0 aromatic carbocycles. The van der Waals surface area contributed by atoms with Crippen molar-refractivity contribution in [2.45, 2.75) is 33.8 Å². The third kappa shape index (κ3) is 3.30. The molecule has 0 unspecified atom stereocenters. The first-order chi connectivity index (χ1) is 9.63. The lowest BCUT2D eigenvalue weighted by atomic mass is 10.4. The lowest BCUT2D eigenvalue weighted by molar-refractivity contribution is 0.178. The quantitative estimate of drug-likeness (QED) is 0.864. The summed E-state index contributed by atoms with van der Waals surface area (Å²) in [5.41, 5.74) is 0. The van der Waals surface area contributed by atoms with E-state index in [1.54, 1.807) is 11.8 Å². The van der Waals surface area contributed by atoms with Crippen molar-refractivity contribution in [3.63, 3.8) is 0 Å². The molecule has 20 heavy (non-hydrogen) atoms. The second-order valence-electron chi connectivity index (χ2n) is 4.51. The highest BCUT2D eigenvalue weighted by molar-refractivity contribution is 5.41. The van der Waals surface area contributed by atoms with E-state index in [0.29, 0.717) is 18.2 Å². The number of nitrogens with zero attached hydrogens (tertiary/aromatic N) is 5. The van der Waals surface area contributed by atoms with E-state index in [1.165, 1.54) is 0 Å². The monoisotopic (exact) mass is 276 g/mol. The van der Waals surface area contributed by atoms with Crippen molar-refractivity contribution < 1.29 is 4.74 Å². The number of nitrogens with one attached hydrogen (secondary N) is 1. The predicted octanol–water partition coefficient (Wildman–Crippen LogP) is 1.64. The van der Waals surface area contributed by atoms with E-state index in [2.05, 4.69) is 32.3 Å². The van der Waals surface area contributed by atoms with Crippen LogP contribution < -0.4 is 5.32 Å². The molecule has 0 amide bonds. The SMILES string of the molecule is CCCNc1cc(-n2nc(C)nc2C)nc(COC)n1. The van der Waals surface area contributed by atoms with Crippen LogP contribution in [0.5, 0.6) is 0 Å². The Kier molecular flexibility index (Phi) is 4.62. The van der Waals surface area contributed by atoms with Crippen LogP contribution in [0.2, 0.25) is 0 Å². The maximum atomic E-state index is 5.12. The Morgan fingerprint density at radius 2 is 2.05 bits per heavy atom. The average molecular weight is 276 g/mol. The summed E-state index contributed by atoms with van der Waals surface area (Å²) in [4.78, 5) is 13.2. The van der Waals surface area contributed by atoms with E-state index >= 15 is 0 Å². The van der Waals surface area contributed by atoms with Crippen molar-refractivity contribution in [1.82, 2.24) is 24.7 Å². The lowest BCUT2D eigenvalue weighted by Gasteiger charge is -2.09. The van der Waals surface area contributed by atoms with Crippen LogP contribution in [0, 0.1) is 13.8 Å². The van der Waals surface area contributed by atoms with Gasteiger partial charge in [-0.2, -0.15) is 4.68 Å². The van der Waals surface area contributed by atoms with Gasteiger partial charge in [-0.05, 0) is 20.3 Å². The van der Waals surface area contributed by atoms with Gasteiger partial charge in [-0.25, -0.2) is 15.0 Å². The van der Waals surface area contributed by atoms with Crippen LogP contribution in [0.1, 0.15) is 30.8 Å². The minimum absolute atomic E-state index is 0.362. The van der Waals surface area contributed by atoms with E-state index in [-0.39, 0.29) is 0 Å². The predicted molar refractivity (Wildman–Crippen MR) is 75.9 cm³/mol. The van der Waals surface area contributed by atoms with E-state index in [0.717, 1.165) is 30.4 Å².